The van der Waals surface area contributed by atoms with Crippen LogP contribution in [0.5, 0.6) is 5.75 Å². The Balaban J connectivity index is 1.68. The van der Waals surface area contributed by atoms with Gasteiger partial charge in [0.2, 0.25) is 5.91 Å². The highest BCUT2D eigenvalue weighted by Crippen LogP contribution is 2.30. The number of nitrogens with one attached hydrogen (secondary N) is 2. The van der Waals surface area contributed by atoms with E-state index in [-0.39, 0.29) is 11.7 Å². The lowest BCUT2D eigenvalue weighted by atomic mass is 10.0. The number of rotatable bonds is 3. The molecule has 0 spiro atoms. The zero-order valence-corrected chi connectivity index (χ0v) is 15.2. The minimum absolute atomic E-state index is 0.105. The summed E-state index contributed by atoms with van der Waals surface area (Å²) in [5.41, 5.74) is 8.48. The highest BCUT2D eigenvalue weighted by Gasteiger charge is 2.16. The normalized spacial score (nSPS) is 14.0. The summed E-state index contributed by atoms with van der Waals surface area (Å²) in [6.45, 7) is 4.01. The Kier molecular flexibility index (Phi) is 4.24. The van der Waals surface area contributed by atoms with Crippen LogP contribution in [0.15, 0.2) is 47.6 Å². The van der Waals surface area contributed by atoms with Crippen LogP contribution in [0.2, 0.25) is 0 Å². The van der Waals surface area contributed by atoms with E-state index in [4.69, 9.17) is 0 Å². The van der Waals surface area contributed by atoms with E-state index >= 15 is 0 Å². The van der Waals surface area contributed by atoms with Crippen LogP contribution in [0.4, 0.5) is 11.4 Å². The first-order valence-corrected chi connectivity index (χ1v) is 8.83. The fourth-order valence-electron chi connectivity index (χ4n) is 3.25. The number of benzene rings is 2. The molecular weight excluding hydrogens is 340 g/mol. The summed E-state index contributed by atoms with van der Waals surface area (Å²) in [4.78, 5) is 15.8. The summed E-state index contributed by atoms with van der Waals surface area (Å²) in [6, 6.07) is 13.5. The molecule has 1 aromatic heterocycles. The fourth-order valence-corrected chi connectivity index (χ4v) is 3.25. The van der Waals surface area contributed by atoms with Crippen molar-refractivity contribution in [3.63, 3.8) is 0 Å². The van der Waals surface area contributed by atoms with E-state index in [9.17, 15) is 9.90 Å². The summed E-state index contributed by atoms with van der Waals surface area (Å²) in [6.07, 6.45) is 0.888. The van der Waals surface area contributed by atoms with Crippen LogP contribution in [-0.2, 0) is 4.79 Å². The molecule has 0 aliphatic carbocycles. The molecular formula is C21H20N4O2. The number of hydrogen-bond donors (Lipinski definition) is 3. The number of phenolic OH excluding ortho intramolecular Hbond substituents is 1. The number of carbonyl (C=O) groups is 1. The number of aromatic nitrogens is 1. The molecule has 2 aromatic carbocycles. The van der Waals surface area contributed by atoms with Gasteiger partial charge in [0.05, 0.1) is 11.2 Å². The first-order valence-electron chi connectivity index (χ1n) is 8.83. The van der Waals surface area contributed by atoms with E-state index < -0.39 is 0 Å². The van der Waals surface area contributed by atoms with Crippen molar-refractivity contribution in [2.75, 3.05) is 5.32 Å². The Morgan fingerprint density at radius 2 is 1.93 bits per heavy atom. The van der Waals surface area contributed by atoms with Crippen LogP contribution in [0.3, 0.4) is 0 Å². The molecule has 6 nitrogen and oxygen atoms in total. The van der Waals surface area contributed by atoms with Crippen LogP contribution in [0.1, 0.15) is 29.7 Å². The highest BCUT2D eigenvalue weighted by atomic mass is 16.3. The molecule has 1 aliphatic rings. The minimum Gasteiger partial charge on any atom is -0.507 e. The first-order chi connectivity index (χ1) is 13.0. The predicted molar refractivity (Wildman–Crippen MR) is 107 cm³/mol. The van der Waals surface area contributed by atoms with Gasteiger partial charge in [-0.25, -0.2) is 5.43 Å². The van der Waals surface area contributed by atoms with Crippen molar-refractivity contribution in [1.82, 2.24) is 10.4 Å². The Morgan fingerprint density at radius 3 is 2.67 bits per heavy atom. The maximum absolute atomic E-state index is 11.2. The van der Waals surface area contributed by atoms with Crippen molar-refractivity contribution >= 4 is 33.9 Å². The molecule has 1 amide bonds. The predicted octanol–water partition coefficient (Wildman–Crippen LogP) is 3.91. The SMILES string of the molecule is Cc1ccc2nc(C)cc(Nc3ccc(C4=NNC(=O)CC4)c(O)c3)c2c1. The van der Waals surface area contributed by atoms with E-state index in [1.54, 1.807) is 6.07 Å². The van der Waals surface area contributed by atoms with Gasteiger partial charge in [-0.15, -0.1) is 0 Å². The number of fused-ring (bicyclic) bond motifs is 1. The van der Waals surface area contributed by atoms with Gasteiger partial charge in [0.25, 0.3) is 0 Å². The van der Waals surface area contributed by atoms with Crippen molar-refractivity contribution in [3.05, 3.63) is 59.3 Å². The number of hydrogen-bond acceptors (Lipinski definition) is 5. The molecule has 2 heterocycles. The Hall–Kier alpha value is -3.41. The topological polar surface area (TPSA) is 86.6 Å². The third-order valence-electron chi connectivity index (χ3n) is 4.58. The highest BCUT2D eigenvalue weighted by molar-refractivity contribution is 6.06. The third kappa shape index (κ3) is 3.46. The lowest BCUT2D eigenvalue weighted by Crippen LogP contribution is -2.25. The van der Waals surface area contributed by atoms with Gasteiger partial charge in [-0.05, 0) is 44.2 Å². The Labute approximate surface area is 156 Å². The summed E-state index contributed by atoms with van der Waals surface area (Å²) in [7, 11) is 0. The molecule has 4 rings (SSSR count). The van der Waals surface area contributed by atoms with E-state index in [1.165, 1.54) is 0 Å². The molecule has 0 saturated carbocycles. The number of anilines is 2. The maximum atomic E-state index is 11.2. The average Bonchev–Trinajstić information content (AvgIpc) is 2.63. The molecule has 0 bridgehead atoms. The number of carbonyl (C=O) groups excluding carboxylic acids is 1. The quantitative estimate of drug-likeness (QED) is 0.661. The number of phenols is 1. The van der Waals surface area contributed by atoms with Crippen LogP contribution >= 0.6 is 0 Å². The van der Waals surface area contributed by atoms with Crippen LogP contribution in [0.25, 0.3) is 10.9 Å². The number of nitrogens with zero attached hydrogens (tertiary/aromatic N) is 2. The molecule has 0 unspecified atom stereocenters. The van der Waals surface area contributed by atoms with Crippen molar-refractivity contribution in [2.24, 2.45) is 5.10 Å². The third-order valence-corrected chi connectivity index (χ3v) is 4.58. The monoisotopic (exact) mass is 360 g/mol. The number of hydrazone groups is 1. The van der Waals surface area contributed by atoms with Gasteiger partial charge >= 0.3 is 0 Å². The van der Waals surface area contributed by atoms with Crippen molar-refractivity contribution in [2.45, 2.75) is 26.7 Å². The Morgan fingerprint density at radius 1 is 1.07 bits per heavy atom. The molecule has 136 valence electrons. The second kappa shape index (κ2) is 6.72. The maximum Gasteiger partial charge on any atom is 0.240 e. The van der Waals surface area contributed by atoms with Gasteiger partial charge in [0, 0.05) is 46.9 Å². The minimum atomic E-state index is -0.105. The lowest BCUT2D eigenvalue weighted by Gasteiger charge is -2.15. The standard InChI is InChI=1S/C21H20N4O2/c1-12-3-6-17-16(9-12)19(10-13(2)22-17)23-14-4-5-15(20(26)11-14)18-7-8-21(27)25-24-18/h3-6,9-11,26H,7-8H2,1-2H3,(H,22,23)(H,25,27). The number of aromatic hydroxyl groups is 1. The van der Waals surface area contributed by atoms with Crippen molar-refractivity contribution in [1.29, 1.82) is 0 Å². The molecule has 0 saturated heterocycles. The van der Waals surface area contributed by atoms with Crippen LogP contribution in [-0.4, -0.2) is 21.7 Å². The zero-order chi connectivity index (χ0) is 19.0. The lowest BCUT2D eigenvalue weighted by molar-refractivity contribution is -0.121. The molecule has 0 radical (unpaired) electrons. The summed E-state index contributed by atoms with van der Waals surface area (Å²) < 4.78 is 0. The Bertz CT molecular complexity index is 1090. The number of pyridine rings is 1. The number of amides is 1. The molecule has 0 fully saturated rings. The molecule has 3 N–H and O–H groups in total. The second-order valence-electron chi connectivity index (χ2n) is 6.78. The molecule has 3 aromatic rings. The van der Waals surface area contributed by atoms with E-state index in [1.807, 2.05) is 44.2 Å². The average molecular weight is 360 g/mol. The summed E-state index contributed by atoms with van der Waals surface area (Å²) >= 11 is 0. The molecule has 27 heavy (non-hydrogen) atoms. The van der Waals surface area contributed by atoms with Gasteiger partial charge in [0.1, 0.15) is 5.75 Å². The fraction of sp³-hybridized carbons (Fsp3) is 0.190. The molecule has 6 heteroatoms. The first kappa shape index (κ1) is 17.0. The van der Waals surface area contributed by atoms with Gasteiger partial charge in [0.15, 0.2) is 0 Å². The van der Waals surface area contributed by atoms with Gasteiger partial charge in [-0.1, -0.05) is 11.6 Å². The van der Waals surface area contributed by atoms with E-state index in [2.05, 4.69) is 26.9 Å². The van der Waals surface area contributed by atoms with Gasteiger partial charge in [-0.3, -0.25) is 9.78 Å². The summed E-state index contributed by atoms with van der Waals surface area (Å²) in [5.74, 6) is 0.0212. The van der Waals surface area contributed by atoms with Crippen molar-refractivity contribution < 1.29 is 9.90 Å². The smallest absolute Gasteiger partial charge is 0.240 e. The zero-order valence-electron chi connectivity index (χ0n) is 15.2. The summed E-state index contributed by atoms with van der Waals surface area (Å²) in [5, 5.41) is 18.9. The second-order valence-corrected chi connectivity index (χ2v) is 6.78. The van der Waals surface area contributed by atoms with Gasteiger partial charge < -0.3 is 10.4 Å². The van der Waals surface area contributed by atoms with E-state index in [0.717, 1.165) is 33.5 Å². The number of aryl methyl sites for hydroxylation is 2. The van der Waals surface area contributed by atoms with Crippen LogP contribution in [0, 0.1) is 13.8 Å². The van der Waals surface area contributed by atoms with E-state index in [0.29, 0.717) is 24.1 Å². The molecule has 1 aliphatic heterocycles. The van der Waals surface area contributed by atoms with Crippen LogP contribution < -0.4 is 10.7 Å². The van der Waals surface area contributed by atoms with Crippen molar-refractivity contribution in [3.8, 4) is 5.75 Å². The van der Waals surface area contributed by atoms with Gasteiger partial charge in [-0.2, -0.15) is 5.10 Å². The molecule has 0 atom stereocenters. The largest absolute Gasteiger partial charge is 0.507 e.